The van der Waals surface area contributed by atoms with E-state index in [1.807, 2.05) is 6.92 Å². The van der Waals surface area contributed by atoms with E-state index in [1.54, 1.807) is 0 Å². The monoisotopic (exact) mass is 413 g/mol. The molecule has 11 heteroatoms. The van der Waals surface area contributed by atoms with Crippen LogP contribution in [0.15, 0.2) is 18.2 Å². The molecular formula is C16H16ClN3O6S. The quantitative estimate of drug-likeness (QED) is 0.446. The van der Waals surface area contributed by atoms with Crippen LogP contribution in [0.5, 0.6) is 0 Å². The molecule has 144 valence electrons. The fourth-order valence-electron chi connectivity index (χ4n) is 3.18. The number of carbonyl (C=O) groups excluding carboxylic acids is 3. The molecule has 1 aromatic rings. The van der Waals surface area contributed by atoms with Crippen molar-refractivity contribution >= 4 is 52.5 Å². The van der Waals surface area contributed by atoms with Gasteiger partial charge >= 0.3 is 5.97 Å². The fourth-order valence-corrected chi connectivity index (χ4v) is 4.77. The Hall–Kier alpha value is -2.33. The lowest BCUT2D eigenvalue weighted by atomic mass is 10.2. The van der Waals surface area contributed by atoms with Crippen molar-refractivity contribution in [1.82, 2.24) is 4.90 Å². The summed E-state index contributed by atoms with van der Waals surface area (Å²) in [6.07, 6.45) is 1.05. The predicted octanol–water partition coefficient (Wildman–Crippen LogP) is 2.18. The van der Waals surface area contributed by atoms with Gasteiger partial charge in [-0.3, -0.25) is 19.7 Å². The molecule has 2 aliphatic heterocycles. The first-order chi connectivity index (χ1) is 12.7. The van der Waals surface area contributed by atoms with Crippen molar-refractivity contribution < 1.29 is 24.0 Å². The van der Waals surface area contributed by atoms with Crippen LogP contribution in [0.25, 0.3) is 0 Å². The SMILES string of the molecule is C[C@@]12CCC(=O)N1[C@H](C(=O)OCC(=O)Nc1cc(Cl)ccc1[N+](=O)[O-])CS2. The van der Waals surface area contributed by atoms with Gasteiger partial charge in [0.25, 0.3) is 11.6 Å². The molecule has 2 atom stereocenters. The Bertz CT molecular complexity index is 834. The molecule has 0 aromatic heterocycles. The Morgan fingerprint density at radius 3 is 2.96 bits per heavy atom. The number of amides is 2. The van der Waals surface area contributed by atoms with Crippen LogP contribution >= 0.6 is 23.4 Å². The second kappa shape index (κ2) is 7.35. The average Bonchev–Trinajstić information content (AvgIpc) is 3.09. The van der Waals surface area contributed by atoms with Crippen molar-refractivity contribution in [3.63, 3.8) is 0 Å². The summed E-state index contributed by atoms with van der Waals surface area (Å²) in [4.78, 5) is 47.9. The Morgan fingerprint density at radius 2 is 2.26 bits per heavy atom. The van der Waals surface area contributed by atoms with Gasteiger partial charge in [0, 0.05) is 23.3 Å². The van der Waals surface area contributed by atoms with Gasteiger partial charge in [-0.15, -0.1) is 11.8 Å². The Kier molecular flexibility index (Phi) is 5.29. The van der Waals surface area contributed by atoms with Gasteiger partial charge in [0.2, 0.25) is 5.91 Å². The summed E-state index contributed by atoms with van der Waals surface area (Å²) in [5, 5.41) is 13.5. The van der Waals surface area contributed by atoms with E-state index in [0.29, 0.717) is 18.6 Å². The van der Waals surface area contributed by atoms with E-state index in [4.69, 9.17) is 16.3 Å². The molecule has 2 aliphatic rings. The average molecular weight is 414 g/mol. The highest BCUT2D eigenvalue weighted by atomic mass is 35.5. The van der Waals surface area contributed by atoms with Gasteiger partial charge in [-0.1, -0.05) is 11.6 Å². The smallest absolute Gasteiger partial charge is 0.330 e. The van der Waals surface area contributed by atoms with Crippen LogP contribution in [-0.4, -0.2) is 50.9 Å². The summed E-state index contributed by atoms with van der Waals surface area (Å²) in [6.45, 7) is 1.28. The molecule has 0 aliphatic carbocycles. The molecule has 0 bridgehead atoms. The van der Waals surface area contributed by atoms with Gasteiger partial charge in [-0.2, -0.15) is 0 Å². The molecule has 0 spiro atoms. The zero-order valence-electron chi connectivity index (χ0n) is 14.3. The van der Waals surface area contributed by atoms with Gasteiger partial charge in [0.05, 0.1) is 9.79 Å². The summed E-state index contributed by atoms with van der Waals surface area (Å²) in [5.74, 6) is -1.11. The van der Waals surface area contributed by atoms with Gasteiger partial charge in [-0.25, -0.2) is 4.79 Å². The number of anilines is 1. The molecule has 0 saturated carbocycles. The number of halogens is 1. The number of nitrogens with zero attached hydrogens (tertiary/aromatic N) is 2. The number of hydrogen-bond acceptors (Lipinski definition) is 7. The molecule has 27 heavy (non-hydrogen) atoms. The third-order valence-electron chi connectivity index (χ3n) is 4.49. The molecule has 1 N–H and O–H groups in total. The molecule has 2 heterocycles. The zero-order valence-corrected chi connectivity index (χ0v) is 15.8. The van der Waals surface area contributed by atoms with Crippen LogP contribution < -0.4 is 5.32 Å². The lowest BCUT2D eigenvalue weighted by Gasteiger charge is -2.29. The van der Waals surface area contributed by atoms with E-state index in [9.17, 15) is 24.5 Å². The number of carbonyl (C=O) groups is 3. The molecular weight excluding hydrogens is 398 g/mol. The van der Waals surface area contributed by atoms with Crippen LogP contribution in [0.4, 0.5) is 11.4 Å². The summed E-state index contributed by atoms with van der Waals surface area (Å²) in [5.41, 5.74) is -0.419. The number of rotatable bonds is 5. The number of hydrogen-bond donors (Lipinski definition) is 1. The molecule has 2 amide bonds. The number of nitro benzene ring substituents is 1. The fraction of sp³-hybridized carbons (Fsp3) is 0.438. The maximum atomic E-state index is 12.3. The number of benzene rings is 1. The van der Waals surface area contributed by atoms with Gasteiger partial charge < -0.3 is 15.0 Å². The largest absolute Gasteiger partial charge is 0.454 e. The first-order valence-electron chi connectivity index (χ1n) is 8.08. The van der Waals surface area contributed by atoms with Crippen molar-refractivity contribution in [2.75, 3.05) is 17.7 Å². The molecule has 0 unspecified atom stereocenters. The lowest BCUT2D eigenvalue weighted by Crippen LogP contribution is -2.47. The summed E-state index contributed by atoms with van der Waals surface area (Å²) < 4.78 is 5.03. The molecule has 9 nitrogen and oxygen atoms in total. The maximum Gasteiger partial charge on any atom is 0.330 e. The van der Waals surface area contributed by atoms with Crippen LogP contribution in [0.3, 0.4) is 0 Å². The van der Waals surface area contributed by atoms with Crippen molar-refractivity contribution in [3.05, 3.63) is 33.3 Å². The Labute approximate surface area is 163 Å². The molecule has 2 saturated heterocycles. The number of fused-ring (bicyclic) bond motifs is 1. The van der Waals surface area contributed by atoms with Crippen molar-refractivity contribution in [1.29, 1.82) is 0 Å². The second-order valence-corrected chi connectivity index (χ2v) is 8.28. The first-order valence-corrected chi connectivity index (χ1v) is 9.44. The predicted molar refractivity (Wildman–Crippen MR) is 98.4 cm³/mol. The zero-order chi connectivity index (χ0) is 19.8. The molecule has 2 fully saturated rings. The van der Waals surface area contributed by atoms with Crippen LogP contribution in [0, 0.1) is 10.1 Å². The van der Waals surface area contributed by atoms with Crippen molar-refractivity contribution in [2.45, 2.75) is 30.7 Å². The van der Waals surface area contributed by atoms with E-state index in [1.165, 1.54) is 34.9 Å². The second-order valence-electron chi connectivity index (χ2n) is 6.34. The lowest BCUT2D eigenvalue weighted by molar-refractivity contribution is -0.383. The van der Waals surface area contributed by atoms with E-state index in [0.717, 1.165) is 0 Å². The minimum absolute atomic E-state index is 0.0905. The first kappa shape index (κ1) is 19.4. The van der Waals surface area contributed by atoms with Crippen molar-refractivity contribution in [3.8, 4) is 0 Å². The Morgan fingerprint density at radius 1 is 1.52 bits per heavy atom. The van der Waals surface area contributed by atoms with Gasteiger partial charge in [0.1, 0.15) is 11.7 Å². The summed E-state index contributed by atoms with van der Waals surface area (Å²) >= 11 is 7.31. The number of nitro groups is 1. The van der Waals surface area contributed by atoms with Crippen molar-refractivity contribution in [2.24, 2.45) is 0 Å². The molecule has 0 radical (unpaired) electrons. The third kappa shape index (κ3) is 3.86. The number of nitrogens with one attached hydrogen (secondary N) is 1. The standard InChI is InChI=1S/C16H16ClN3O6S/c1-16-5-4-14(22)19(16)12(8-27-16)15(23)26-7-13(21)18-10-6-9(17)2-3-11(10)20(24)25/h2-3,6,12H,4-5,7-8H2,1H3,(H,18,21)/t12-,16+/m0/s1. The van der Waals surface area contributed by atoms with Gasteiger partial charge in [0.15, 0.2) is 6.61 Å². The molecule has 3 rings (SSSR count). The third-order valence-corrected chi connectivity index (χ3v) is 6.23. The number of esters is 1. The number of ether oxygens (including phenoxy) is 1. The highest BCUT2D eigenvalue weighted by Crippen LogP contribution is 2.47. The minimum atomic E-state index is -0.741. The highest BCUT2D eigenvalue weighted by Gasteiger charge is 2.53. The minimum Gasteiger partial charge on any atom is -0.454 e. The Balaban J connectivity index is 1.60. The van der Waals surface area contributed by atoms with Crippen LogP contribution in [0.2, 0.25) is 5.02 Å². The van der Waals surface area contributed by atoms with Gasteiger partial charge in [-0.05, 0) is 25.5 Å². The highest BCUT2D eigenvalue weighted by molar-refractivity contribution is 8.01. The van der Waals surface area contributed by atoms with Crippen LogP contribution in [0.1, 0.15) is 19.8 Å². The summed E-state index contributed by atoms with van der Waals surface area (Å²) in [6, 6.07) is 3.00. The van der Waals surface area contributed by atoms with E-state index in [2.05, 4.69) is 5.32 Å². The number of thioether (sulfide) groups is 1. The normalized spacial score (nSPS) is 23.9. The van der Waals surface area contributed by atoms with E-state index >= 15 is 0 Å². The maximum absolute atomic E-state index is 12.3. The van der Waals surface area contributed by atoms with E-state index < -0.39 is 34.3 Å². The topological polar surface area (TPSA) is 119 Å². The summed E-state index contributed by atoms with van der Waals surface area (Å²) in [7, 11) is 0. The van der Waals surface area contributed by atoms with Crippen LogP contribution in [-0.2, 0) is 19.1 Å². The van der Waals surface area contributed by atoms with E-state index in [-0.39, 0.29) is 22.3 Å². The molecule has 1 aromatic carbocycles.